The van der Waals surface area contributed by atoms with Crippen LogP contribution in [0.15, 0.2) is 36.7 Å². The molecule has 5 atom stereocenters. The van der Waals surface area contributed by atoms with Crippen LogP contribution in [0.2, 0.25) is 0 Å². The fourth-order valence-electron chi connectivity index (χ4n) is 5.57. The van der Waals surface area contributed by atoms with Crippen LogP contribution < -0.4 is 20.9 Å². The number of carbonyl (C=O) groups is 1. The number of benzene rings is 1. The first-order valence-electron chi connectivity index (χ1n) is 12.1. The number of hydrogen-bond acceptors (Lipinski definition) is 6. The van der Waals surface area contributed by atoms with Crippen molar-refractivity contribution in [2.75, 3.05) is 25.5 Å². The number of fused-ring (bicyclic) bond motifs is 1. The van der Waals surface area contributed by atoms with E-state index in [-0.39, 0.29) is 29.5 Å². The Morgan fingerprint density at radius 1 is 1.17 bits per heavy atom. The molecule has 1 aromatic heterocycles. The molecule has 0 spiro atoms. The van der Waals surface area contributed by atoms with Gasteiger partial charge in [-0.2, -0.15) is 13.9 Å². The number of piperidine rings is 1. The first kappa shape index (κ1) is 24.1. The Morgan fingerprint density at radius 2 is 1.91 bits per heavy atom. The third-order valence-corrected chi connectivity index (χ3v) is 7.55. The molecule has 3 fully saturated rings. The Morgan fingerprint density at radius 3 is 2.63 bits per heavy atom. The van der Waals surface area contributed by atoms with E-state index in [0.717, 1.165) is 31.5 Å². The summed E-state index contributed by atoms with van der Waals surface area (Å²) in [5.74, 6) is -0.659. The van der Waals surface area contributed by atoms with Crippen molar-refractivity contribution in [3.8, 4) is 5.75 Å². The first-order chi connectivity index (χ1) is 16.9. The molecule has 2 aliphatic heterocycles. The SMILES string of the molecule is CN1CCC(n2cc(C3CC4C(CC3F)NNC4C(=O)Nc3ccc(OC(F)F)cc3)cn2)CC1. The molecule has 190 valence electrons. The lowest BCUT2D eigenvalue weighted by molar-refractivity contribution is -0.119. The number of likely N-dealkylation sites (tertiary alicyclic amines) is 1. The van der Waals surface area contributed by atoms with Gasteiger partial charge in [0.1, 0.15) is 18.0 Å². The molecule has 0 radical (unpaired) electrons. The van der Waals surface area contributed by atoms with Crippen molar-refractivity contribution in [3.63, 3.8) is 0 Å². The average Bonchev–Trinajstić information content (AvgIpc) is 3.47. The molecule has 1 saturated carbocycles. The second-order valence-electron chi connectivity index (χ2n) is 9.81. The highest BCUT2D eigenvalue weighted by molar-refractivity contribution is 5.95. The monoisotopic (exact) mass is 492 g/mol. The van der Waals surface area contributed by atoms with Crippen molar-refractivity contribution in [2.45, 2.75) is 62.5 Å². The van der Waals surface area contributed by atoms with Gasteiger partial charge in [-0.05, 0) is 75.6 Å². The average molecular weight is 493 g/mol. The number of anilines is 1. The number of carbonyl (C=O) groups excluding carboxylic acids is 1. The highest BCUT2D eigenvalue weighted by Crippen LogP contribution is 2.42. The number of nitrogens with one attached hydrogen (secondary N) is 3. The predicted molar refractivity (Wildman–Crippen MR) is 124 cm³/mol. The summed E-state index contributed by atoms with van der Waals surface area (Å²) < 4.78 is 46.2. The van der Waals surface area contributed by atoms with Gasteiger partial charge >= 0.3 is 6.61 Å². The zero-order chi connectivity index (χ0) is 24.5. The van der Waals surface area contributed by atoms with E-state index >= 15 is 4.39 Å². The maximum atomic E-state index is 15.2. The largest absolute Gasteiger partial charge is 0.435 e. The fraction of sp³-hybridized carbons (Fsp3) is 0.583. The molecule has 11 heteroatoms. The van der Waals surface area contributed by atoms with Crippen molar-refractivity contribution in [3.05, 3.63) is 42.2 Å². The summed E-state index contributed by atoms with van der Waals surface area (Å²) in [7, 11) is 2.12. The molecule has 0 bridgehead atoms. The van der Waals surface area contributed by atoms with Gasteiger partial charge in [-0.15, -0.1) is 0 Å². The van der Waals surface area contributed by atoms with Crippen LogP contribution >= 0.6 is 0 Å². The molecule has 3 aliphatic rings. The molecule has 1 aliphatic carbocycles. The minimum absolute atomic E-state index is 0.0172. The summed E-state index contributed by atoms with van der Waals surface area (Å²) >= 11 is 0. The molecular formula is C24H31F3N6O2. The normalized spacial score (nSPS) is 29.8. The number of rotatable bonds is 6. The van der Waals surface area contributed by atoms with E-state index < -0.39 is 18.8 Å². The van der Waals surface area contributed by atoms with Crippen molar-refractivity contribution in [1.82, 2.24) is 25.5 Å². The van der Waals surface area contributed by atoms with Gasteiger partial charge in [0.25, 0.3) is 0 Å². The molecule has 5 rings (SSSR count). The zero-order valence-corrected chi connectivity index (χ0v) is 19.5. The zero-order valence-electron chi connectivity index (χ0n) is 19.5. The Kier molecular flexibility index (Phi) is 6.99. The molecular weight excluding hydrogens is 461 g/mol. The lowest BCUT2D eigenvalue weighted by atomic mass is 9.73. The van der Waals surface area contributed by atoms with Gasteiger partial charge in [-0.25, -0.2) is 9.82 Å². The first-order valence-corrected chi connectivity index (χ1v) is 12.1. The Labute approximate surface area is 202 Å². The highest BCUT2D eigenvalue weighted by atomic mass is 19.3. The van der Waals surface area contributed by atoms with Crippen LogP contribution in [0.3, 0.4) is 0 Å². The molecule has 5 unspecified atom stereocenters. The summed E-state index contributed by atoms with van der Waals surface area (Å²) in [6.45, 7) is -0.861. The number of hydrazine groups is 1. The number of halogens is 3. The van der Waals surface area contributed by atoms with Gasteiger partial charge in [-0.1, -0.05) is 0 Å². The molecule has 1 amide bonds. The van der Waals surface area contributed by atoms with Crippen LogP contribution in [0.1, 0.15) is 43.2 Å². The maximum absolute atomic E-state index is 15.2. The third-order valence-electron chi connectivity index (χ3n) is 7.55. The van der Waals surface area contributed by atoms with Crippen LogP contribution in [0.5, 0.6) is 5.75 Å². The van der Waals surface area contributed by atoms with E-state index in [9.17, 15) is 13.6 Å². The van der Waals surface area contributed by atoms with Gasteiger partial charge in [-0.3, -0.25) is 14.9 Å². The number of alkyl halides is 3. The van der Waals surface area contributed by atoms with Crippen molar-refractivity contribution in [1.29, 1.82) is 0 Å². The number of aromatic nitrogens is 2. The van der Waals surface area contributed by atoms with Gasteiger partial charge in [0.2, 0.25) is 5.91 Å². The summed E-state index contributed by atoms with van der Waals surface area (Å²) in [5, 5.41) is 7.37. The Bertz CT molecular complexity index is 1010. The minimum Gasteiger partial charge on any atom is -0.435 e. The smallest absolute Gasteiger partial charge is 0.387 e. The van der Waals surface area contributed by atoms with Crippen LogP contribution in [0, 0.1) is 5.92 Å². The number of ether oxygens (including phenoxy) is 1. The quantitative estimate of drug-likeness (QED) is 0.575. The van der Waals surface area contributed by atoms with Gasteiger partial charge in [0.15, 0.2) is 0 Å². The maximum Gasteiger partial charge on any atom is 0.387 e. The van der Waals surface area contributed by atoms with Crippen molar-refractivity contribution >= 4 is 11.6 Å². The van der Waals surface area contributed by atoms with E-state index in [0.29, 0.717) is 24.6 Å². The van der Waals surface area contributed by atoms with Crippen molar-refractivity contribution in [2.24, 2.45) is 5.92 Å². The lowest BCUT2D eigenvalue weighted by Crippen LogP contribution is -2.43. The topological polar surface area (TPSA) is 83.5 Å². The molecule has 3 N–H and O–H groups in total. The van der Waals surface area contributed by atoms with Crippen LogP contribution in [-0.4, -0.2) is 65.6 Å². The Balaban J connectivity index is 1.23. The van der Waals surface area contributed by atoms with Crippen LogP contribution in [0.25, 0.3) is 0 Å². The summed E-state index contributed by atoms with van der Waals surface area (Å²) in [4.78, 5) is 15.3. The summed E-state index contributed by atoms with van der Waals surface area (Å²) in [6.07, 6.45) is 5.62. The second kappa shape index (κ2) is 10.2. The lowest BCUT2D eigenvalue weighted by Gasteiger charge is -2.35. The molecule has 1 aromatic carbocycles. The Hall–Kier alpha value is -2.63. The predicted octanol–water partition coefficient (Wildman–Crippen LogP) is 3.07. The molecule has 2 saturated heterocycles. The molecule has 3 heterocycles. The van der Waals surface area contributed by atoms with Gasteiger partial charge < -0.3 is 15.0 Å². The van der Waals surface area contributed by atoms with E-state index in [1.165, 1.54) is 24.3 Å². The number of hydrogen-bond donors (Lipinski definition) is 3. The number of amides is 1. The van der Waals surface area contributed by atoms with Crippen LogP contribution in [-0.2, 0) is 4.79 Å². The minimum atomic E-state index is -2.91. The van der Waals surface area contributed by atoms with Gasteiger partial charge in [0, 0.05) is 29.8 Å². The van der Waals surface area contributed by atoms with E-state index in [4.69, 9.17) is 0 Å². The molecule has 35 heavy (non-hydrogen) atoms. The third kappa shape index (κ3) is 5.31. The van der Waals surface area contributed by atoms with E-state index in [1.807, 2.05) is 10.9 Å². The second-order valence-corrected chi connectivity index (χ2v) is 9.81. The van der Waals surface area contributed by atoms with E-state index in [1.54, 1.807) is 6.20 Å². The highest BCUT2D eigenvalue weighted by Gasteiger charge is 2.47. The summed E-state index contributed by atoms with van der Waals surface area (Å²) in [5.41, 5.74) is 7.48. The van der Waals surface area contributed by atoms with Crippen molar-refractivity contribution < 1.29 is 22.7 Å². The van der Waals surface area contributed by atoms with E-state index in [2.05, 4.69) is 38.0 Å². The molecule has 2 aromatic rings. The fourth-order valence-corrected chi connectivity index (χ4v) is 5.57. The standard InChI is InChI=1S/C24H31F3N6O2/c1-32-8-6-16(7-9-32)33-13-14(12-28-33)18-10-19-21(11-20(18)25)30-31-22(19)23(34)29-15-2-4-17(5-3-15)35-24(26)27/h2-5,12-13,16,18-22,24,30-31H,6-11H2,1H3,(H,29,34). The summed E-state index contributed by atoms with van der Waals surface area (Å²) in [6, 6.07) is 5.40. The van der Waals surface area contributed by atoms with Crippen LogP contribution in [0.4, 0.5) is 18.9 Å². The molecule has 8 nitrogen and oxygen atoms in total. The number of nitrogens with zero attached hydrogens (tertiary/aromatic N) is 3. The van der Waals surface area contributed by atoms with Gasteiger partial charge in [0.05, 0.1) is 12.2 Å².